The molecule has 3 unspecified atom stereocenters. The van der Waals surface area contributed by atoms with Crippen LogP contribution in [0.4, 0.5) is 0 Å². The summed E-state index contributed by atoms with van der Waals surface area (Å²) >= 11 is 0. The van der Waals surface area contributed by atoms with Crippen molar-refractivity contribution in [3.05, 3.63) is 12.7 Å². The van der Waals surface area contributed by atoms with Crippen molar-refractivity contribution in [2.75, 3.05) is 0 Å². The monoisotopic (exact) mass is 317 g/mol. The molecule has 0 aromatic heterocycles. The Balaban J connectivity index is 1.87. The highest BCUT2D eigenvalue weighted by Crippen LogP contribution is 2.65. The van der Waals surface area contributed by atoms with Crippen LogP contribution in [0.5, 0.6) is 0 Å². The minimum absolute atomic E-state index is 0.0371. The fourth-order valence-electron chi connectivity index (χ4n) is 6.77. The Bertz CT molecular complexity index is 452. The zero-order chi connectivity index (χ0) is 16.7. The molecule has 0 saturated heterocycles. The standard InChI is InChI=1S/C21H35NO/c1-5-7-8-9-15(3)21(22-19(23)6-2)17-10-16-11-18(21)14-20(4,12-16)13-17/h6,15-18H,2,5,7-14H2,1,3-4H3,(H,22,23). The van der Waals surface area contributed by atoms with Crippen molar-refractivity contribution in [3.63, 3.8) is 0 Å². The number of nitrogens with one attached hydrogen (secondary N) is 1. The lowest BCUT2D eigenvalue weighted by atomic mass is 9.42. The van der Waals surface area contributed by atoms with Crippen LogP contribution in [0, 0.1) is 29.1 Å². The quantitative estimate of drug-likeness (QED) is 0.514. The summed E-state index contributed by atoms with van der Waals surface area (Å²) in [6, 6.07) is 0. The van der Waals surface area contributed by atoms with Crippen molar-refractivity contribution in [2.45, 2.75) is 84.1 Å². The van der Waals surface area contributed by atoms with Gasteiger partial charge in [0.25, 0.3) is 0 Å². The molecule has 0 heterocycles. The highest BCUT2D eigenvalue weighted by atomic mass is 16.1. The Kier molecular flexibility index (Phi) is 4.64. The molecule has 0 spiro atoms. The first kappa shape index (κ1) is 17.0. The van der Waals surface area contributed by atoms with Crippen LogP contribution in [0.1, 0.15) is 78.6 Å². The van der Waals surface area contributed by atoms with Gasteiger partial charge in [-0.15, -0.1) is 0 Å². The van der Waals surface area contributed by atoms with E-state index >= 15 is 0 Å². The van der Waals surface area contributed by atoms with Gasteiger partial charge in [-0.1, -0.05) is 46.6 Å². The summed E-state index contributed by atoms with van der Waals surface area (Å²) in [6.45, 7) is 10.9. The smallest absolute Gasteiger partial charge is 0.243 e. The number of rotatable bonds is 7. The van der Waals surface area contributed by atoms with Crippen molar-refractivity contribution < 1.29 is 4.79 Å². The molecule has 2 nitrogen and oxygen atoms in total. The second kappa shape index (κ2) is 6.26. The molecule has 1 amide bonds. The van der Waals surface area contributed by atoms with Gasteiger partial charge in [-0.25, -0.2) is 0 Å². The van der Waals surface area contributed by atoms with Gasteiger partial charge >= 0.3 is 0 Å². The van der Waals surface area contributed by atoms with Crippen molar-refractivity contribution in [2.24, 2.45) is 29.1 Å². The zero-order valence-electron chi connectivity index (χ0n) is 15.4. The first-order valence-electron chi connectivity index (χ1n) is 9.88. The van der Waals surface area contributed by atoms with Crippen molar-refractivity contribution >= 4 is 5.91 Å². The van der Waals surface area contributed by atoms with Gasteiger partial charge in [-0.3, -0.25) is 4.79 Å². The molecular weight excluding hydrogens is 282 g/mol. The minimum Gasteiger partial charge on any atom is -0.346 e. The molecule has 3 atom stereocenters. The number of carbonyl (C=O) groups is 1. The van der Waals surface area contributed by atoms with Crippen molar-refractivity contribution in [1.29, 1.82) is 0 Å². The summed E-state index contributed by atoms with van der Waals surface area (Å²) in [7, 11) is 0. The van der Waals surface area contributed by atoms with Crippen molar-refractivity contribution in [1.82, 2.24) is 5.32 Å². The molecule has 4 aliphatic rings. The number of amides is 1. The van der Waals surface area contributed by atoms with Crippen LogP contribution in [-0.2, 0) is 4.79 Å². The van der Waals surface area contributed by atoms with Gasteiger partial charge in [0.15, 0.2) is 0 Å². The molecule has 1 N–H and O–H groups in total. The summed E-state index contributed by atoms with van der Waals surface area (Å²) < 4.78 is 0. The van der Waals surface area contributed by atoms with Gasteiger partial charge < -0.3 is 5.32 Å². The molecule has 4 rings (SSSR count). The summed E-state index contributed by atoms with van der Waals surface area (Å²) in [5.74, 6) is 2.90. The molecule has 2 heteroatoms. The van der Waals surface area contributed by atoms with Crippen LogP contribution in [0.2, 0.25) is 0 Å². The van der Waals surface area contributed by atoms with E-state index in [0.29, 0.717) is 23.2 Å². The normalized spacial score (nSPS) is 42.5. The SMILES string of the molecule is C=CC(=O)NC1(C(C)CCCCC)C2CC3CC1CC(C)(C3)C2. The highest BCUT2D eigenvalue weighted by Gasteiger charge is 2.62. The van der Waals surface area contributed by atoms with Crippen LogP contribution >= 0.6 is 0 Å². The van der Waals surface area contributed by atoms with Gasteiger partial charge in [0.05, 0.1) is 0 Å². The predicted molar refractivity (Wildman–Crippen MR) is 96.0 cm³/mol. The maximum Gasteiger partial charge on any atom is 0.243 e. The minimum atomic E-state index is 0.0371. The van der Waals surface area contributed by atoms with Gasteiger partial charge in [-0.05, 0) is 73.7 Å². The topological polar surface area (TPSA) is 29.1 Å². The van der Waals surface area contributed by atoms with Crippen LogP contribution in [0.15, 0.2) is 12.7 Å². The van der Waals surface area contributed by atoms with E-state index in [1.54, 1.807) is 0 Å². The van der Waals surface area contributed by atoms with Crippen molar-refractivity contribution in [3.8, 4) is 0 Å². The van der Waals surface area contributed by atoms with Crippen LogP contribution in [0.3, 0.4) is 0 Å². The maximum absolute atomic E-state index is 12.3. The van der Waals surface area contributed by atoms with E-state index in [1.165, 1.54) is 63.9 Å². The van der Waals surface area contributed by atoms with E-state index in [1.807, 2.05) is 0 Å². The highest BCUT2D eigenvalue weighted by molar-refractivity contribution is 5.87. The molecule has 4 fully saturated rings. The third kappa shape index (κ3) is 2.87. The predicted octanol–water partition coefficient (Wildman–Crippen LogP) is 5.09. The number of carbonyl (C=O) groups excluding carboxylic acids is 1. The van der Waals surface area contributed by atoms with Gasteiger partial charge in [0.1, 0.15) is 0 Å². The Morgan fingerprint density at radius 1 is 1.26 bits per heavy atom. The lowest BCUT2D eigenvalue weighted by molar-refractivity contribution is -0.148. The third-order valence-electron chi connectivity index (χ3n) is 7.43. The first-order chi connectivity index (χ1) is 10.9. The van der Waals surface area contributed by atoms with E-state index in [4.69, 9.17) is 0 Å². The molecule has 0 aliphatic heterocycles. The second-order valence-corrected chi connectivity index (χ2v) is 9.18. The summed E-state index contributed by atoms with van der Waals surface area (Å²) in [5, 5.41) is 3.51. The lowest BCUT2D eigenvalue weighted by Gasteiger charge is -2.66. The van der Waals surface area contributed by atoms with E-state index < -0.39 is 0 Å². The molecule has 4 aliphatic carbocycles. The van der Waals surface area contributed by atoms with E-state index in [0.717, 1.165) is 5.92 Å². The Morgan fingerprint density at radius 2 is 1.91 bits per heavy atom. The number of hydrogen-bond acceptors (Lipinski definition) is 1. The molecular formula is C21H35NO. The average Bonchev–Trinajstić information content (AvgIpc) is 2.49. The first-order valence-corrected chi connectivity index (χ1v) is 9.88. The Hall–Kier alpha value is -0.790. The molecule has 0 aromatic carbocycles. The zero-order valence-corrected chi connectivity index (χ0v) is 15.4. The Labute approximate surface area is 142 Å². The summed E-state index contributed by atoms with van der Waals surface area (Å²) in [6.07, 6.45) is 13.3. The second-order valence-electron chi connectivity index (χ2n) is 9.18. The third-order valence-corrected chi connectivity index (χ3v) is 7.43. The van der Waals surface area contributed by atoms with Crippen LogP contribution < -0.4 is 5.32 Å². The molecule has 130 valence electrons. The molecule has 4 bridgehead atoms. The van der Waals surface area contributed by atoms with E-state index in [9.17, 15) is 4.79 Å². The van der Waals surface area contributed by atoms with Crippen LogP contribution in [-0.4, -0.2) is 11.4 Å². The van der Waals surface area contributed by atoms with Gasteiger partial charge in [0.2, 0.25) is 5.91 Å². The molecule has 0 radical (unpaired) electrons. The molecule has 23 heavy (non-hydrogen) atoms. The lowest BCUT2D eigenvalue weighted by Crippen LogP contribution is -2.70. The summed E-state index contributed by atoms with van der Waals surface area (Å²) in [4.78, 5) is 12.3. The van der Waals surface area contributed by atoms with Gasteiger partial charge in [-0.2, -0.15) is 0 Å². The maximum atomic E-state index is 12.3. The number of hydrogen-bond donors (Lipinski definition) is 1. The number of unbranched alkanes of at least 4 members (excludes halogenated alkanes) is 2. The molecule has 4 saturated carbocycles. The fraction of sp³-hybridized carbons (Fsp3) is 0.857. The fourth-order valence-corrected chi connectivity index (χ4v) is 6.77. The largest absolute Gasteiger partial charge is 0.346 e. The average molecular weight is 318 g/mol. The van der Waals surface area contributed by atoms with E-state index in [-0.39, 0.29) is 11.4 Å². The van der Waals surface area contributed by atoms with Crippen LogP contribution in [0.25, 0.3) is 0 Å². The van der Waals surface area contributed by atoms with E-state index in [2.05, 4.69) is 32.7 Å². The Morgan fingerprint density at radius 3 is 2.43 bits per heavy atom. The summed E-state index contributed by atoms with van der Waals surface area (Å²) in [5.41, 5.74) is 0.581. The van der Waals surface area contributed by atoms with Gasteiger partial charge in [0, 0.05) is 5.54 Å². The molecule has 0 aromatic rings.